The standard InChI is InChI=1S/C18H23N3O4/c1-11(2)16(18(24)25-4)20-15(22)10-9-13-17(23)21(3)14-8-6-5-7-12(14)19-13/h5-8,11,16H,9-10H2,1-4H3,(H,20,22). The Labute approximate surface area is 146 Å². The largest absolute Gasteiger partial charge is 0.467 e. The molecule has 0 aliphatic rings. The van der Waals surface area contributed by atoms with Gasteiger partial charge < -0.3 is 14.6 Å². The van der Waals surface area contributed by atoms with E-state index < -0.39 is 12.0 Å². The molecule has 1 aromatic carbocycles. The van der Waals surface area contributed by atoms with Crippen molar-refractivity contribution in [3.8, 4) is 0 Å². The predicted octanol–water partition coefficient (Wildman–Crippen LogP) is 1.18. The monoisotopic (exact) mass is 345 g/mol. The van der Waals surface area contributed by atoms with Crippen LogP contribution in [0.4, 0.5) is 0 Å². The zero-order chi connectivity index (χ0) is 18.6. The van der Waals surface area contributed by atoms with Crippen molar-refractivity contribution in [3.05, 3.63) is 40.3 Å². The van der Waals surface area contributed by atoms with Crippen molar-refractivity contribution in [1.82, 2.24) is 14.9 Å². The van der Waals surface area contributed by atoms with Crippen molar-refractivity contribution >= 4 is 22.9 Å². The summed E-state index contributed by atoms with van der Waals surface area (Å²) in [5.74, 6) is -0.896. The molecule has 0 saturated heterocycles. The summed E-state index contributed by atoms with van der Waals surface area (Å²) in [5.41, 5.74) is 1.55. The number of rotatable bonds is 6. The first-order valence-electron chi connectivity index (χ1n) is 8.17. The summed E-state index contributed by atoms with van der Waals surface area (Å²) in [7, 11) is 2.97. The number of carbonyl (C=O) groups is 2. The van der Waals surface area contributed by atoms with Crippen molar-refractivity contribution in [2.45, 2.75) is 32.7 Å². The molecule has 1 atom stereocenters. The minimum atomic E-state index is -0.704. The number of nitrogens with zero attached hydrogens (tertiary/aromatic N) is 2. The van der Waals surface area contributed by atoms with Gasteiger partial charge in [-0.2, -0.15) is 0 Å². The summed E-state index contributed by atoms with van der Waals surface area (Å²) in [6, 6.07) is 6.63. The number of benzene rings is 1. The molecule has 25 heavy (non-hydrogen) atoms. The van der Waals surface area contributed by atoms with Crippen LogP contribution in [-0.2, 0) is 27.8 Å². The van der Waals surface area contributed by atoms with Crippen molar-refractivity contribution in [1.29, 1.82) is 0 Å². The lowest BCUT2D eigenvalue weighted by Gasteiger charge is -2.19. The molecule has 0 aliphatic carbocycles. The number of methoxy groups -OCH3 is 1. The fraction of sp³-hybridized carbons (Fsp3) is 0.444. The maximum atomic E-state index is 12.4. The second kappa shape index (κ2) is 7.92. The predicted molar refractivity (Wildman–Crippen MR) is 94.1 cm³/mol. The third kappa shape index (κ3) is 4.23. The number of carbonyl (C=O) groups excluding carboxylic acids is 2. The van der Waals surface area contributed by atoms with Gasteiger partial charge in [0.2, 0.25) is 5.91 Å². The number of aromatic nitrogens is 2. The van der Waals surface area contributed by atoms with Gasteiger partial charge in [0.25, 0.3) is 5.56 Å². The van der Waals surface area contributed by atoms with Crippen LogP contribution in [0.2, 0.25) is 0 Å². The summed E-state index contributed by atoms with van der Waals surface area (Å²) in [6.07, 6.45) is 0.274. The van der Waals surface area contributed by atoms with Crippen LogP contribution in [0.5, 0.6) is 0 Å². The summed E-state index contributed by atoms with van der Waals surface area (Å²) in [5, 5.41) is 2.66. The van der Waals surface area contributed by atoms with Gasteiger partial charge in [-0.1, -0.05) is 26.0 Å². The number of aryl methyl sites for hydroxylation is 2. The Hall–Kier alpha value is -2.70. The highest BCUT2D eigenvalue weighted by atomic mass is 16.5. The number of esters is 1. The van der Waals surface area contributed by atoms with Crippen LogP contribution in [-0.4, -0.2) is 34.6 Å². The van der Waals surface area contributed by atoms with E-state index in [-0.39, 0.29) is 30.2 Å². The third-order valence-corrected chi connectivity index (χ3v) is 4.08. The molecule has 7 nitrogen and oxygen atoms in total. The molecule has 0 radical (unpaired) electrons. The Morgan fingerprint density at radius 3 is 2.60 bits per heavy atom. The Morgan fingerprint density at radius 1 is 1.28 bits per heavy atom. The number of amides is 1. The fourth-order valence-electron chi connectivity index (χ4n) is 2.60. The van der Waals surface area contributed by atoms with E-state index in [0.717, 1.165) is 5.52 Å². The third-order valence-electron chi connectivity index (χ3n) is 4.08. The van der Waals surface area contributed by atoms with Crippen LogP contribution < -0.4 is 10.9 Å². The van der Waals surface area contributed by atoms with Crippen LogP contribution in [0.15, 0.2) is 29.1 Å². The van der Waals surface area contributed by atoms with Gasteiger partial charge in [0.1, 0.15) is 11.7 Å². The number of ether oxygens (including phenoxy) is 1. The molecule has 0 aliphatic heterocycles. The van der Waals surface area contributed by atoms with Crippen LogP contribution in [0.25, 0.3) is 11.0 Å². The Bertz CT molecular complexity index is 842. The second-order valence-electron chi connectivity index (χ2n) is 6.22. The zero-order valence-electron chi connectivity index (χ0n) is 14.9. The number of hydrogen-bond acceptors (Lipinski definition) is 5. The number of para-hydroxylation sites is 2. The number of nitrogens with one attached hydrogen (secondary N) is 1. The molecule has 1 heterocycles. The average Bonchev–Trinajstić information content (AvgIpc) is 2.60. The lowest BCUT2D eigenvalue weighted by atomic mass is 10.0. The van der Waals surface area contributed by atoms with Crippen LogP contribution in [0.1, 0.15) is 26.0 Å². The number of fused-ring (bicyclic) bond motifs is 1. The van der Waals surface area contributed by atoms with Crippen LogP contribution >= 0.6 is 0 Å². The zero-order valence-corrected chi connectivity index (χ0v) is 14.9. The van der Waals surface area contributed by atoms with E-state index in [1.165, 1.54) is 11.7 Å². The molecule has 0 saturated carbocycles. The number of hydrogen-bond donors (Lipinski definition) is 1. The first-order valence-corrected chi connectivity index (χ1v) is 8.17. The molecule has 1 N–H and O–H groups in total. The van der Waals surface area contributed by atoms with Crippen molar-refractivity contribution < 1.29 is 14.3 Å². The molecule has 0 fully saturated rings. The Balaban J connectivity index is 2.12. The van der Waals surface area contributed by atoms with E-state index in [1.54, 1.807) is 7.05 Å². The first kappa shape index (κ1) is 18.6. The van der Waals surface area contributed by atoms with Gasteiger partial charge in [0, 0.05) is 19.9 Å². The maximum Gasteiger partial charge on any atom is 0.328 e. The molecule has 7 heteroatoms. The van der Waals surface area contributed by atoms with Crippen LogP contribution in [0, 0.1) is 5.92 Å². The van der Waals surface area contributed by atoms with E-state index in [4.69, 9.17) is 4.74 Å². The molecule has 1 amide bonds. The lowest BCUT2D eigenvalue weighted by molar-refractivity contribution is -0.146. The van der Waals surface area contributed by atoms with Gasteiger partial charge in [-0.25, -0.2) is 9.78 Å². The van der Waals surface area contributed by atoms with E-state index >= 15 is 0 Å². The summed E-state index contributed by atoms with van der Waals surface area (Å²) < 4.78 is 6.23. The summed E-state index contributed by atoms with van der Waals surface area (Å²) in [4.78, 5) is 40.6. The molecule has 134 valence electrons. The van der Waals surface area contributed by atoms with Gasteiger partial charge in [0.05, 0.1) is 18.1 Å². The van der Waals surface area contributed by atoms with Crippen molar-refractivity contribution in [3.63, 3.8) is 0 Å². The Morgan fingerprint density at radius 2 is 1.96 bits per heavy atom. The van der Waals surface area contributed by atoms with Crippen LogP contribution in [0.3, 0.4) is 0 Å². The minimum absolute atomic E-state index is 0.0702. The SMILES string of the molecule is COC(=O)C(NC(=O)CCc1nc2ccccc2n(C)c1=O)C(C)C. The van der Waals surface area contributed by atoms with Gasteiger partial charge in [0.15, 0.2) is 0 Å². The summed E-state index contributed by atoms with van der Waals surface area (Å²) >= 11 is 0. The fourth-order valence-corrected chi connectivity index (χ4v) is 2.60. The molecular weight excluding hydrogens is 322 g/mol. The molecule has 0 spiro atoms. The average molecular weight is 345 g/mol. The Kier molecular flexibility index (Phi) is 5.90. The lowest BCUT2D eigenvalue weighted by Crippen LogP contribution is -2.45. The van der Waals surface area contributed by atoms with Gasteiger partial charge in [-0.15, -0.1) is 0 Å². The first-order chi connectivity index (χ1) is 11.8. The topological polar surface area (TPSA) is 90.3 Å². The summed E-state index contributed by atoms with van der Waals surface area (Å²) in [6.45, 7) is 3.64. The minimum Gasteiger partial charge on any atom is -0.467 e. The molecule has 0 bridgehead atoms. The van der Waals surface area contributed by atoms with Gasteiger partial charge >= 0.3 is 5.97 Å². The highest BCUT2D eigenvalue weighted by Gasteiger charge is 2.24. The second-order valence-corrected chi connectivity index (χ2v) is 6.22. The van der Waals surface area contributed by atoms with E-state index in [0.29, 0.717) is 11.2 Å². The molecule has 2 rings (SSSR count). The van der Waals surface area contributed by atoms with E-state index in [9.17, 15) is 14.4 Å². The van der Waals surface area contributed by atoms with Gasteiger partial charge in [-0.3, -0.25) is 9.59 Å². The highest BCUT2D eigenvalue weighted by molar-refractivity contribution is 5.84. The maximum absolute atomic E-state index is 12.4. The molecule has 1 unspecified atom stereocenters. The highest BCUT2D eigenvalue weighted by Crippen LogP contribution is 2.10. The molecule has 2 aromatic rings. The van der Waals surface area contributed by atoms with E-state index in [2.05, 4.69) is 10.3 Å². The molecule has 1 aromatic heterocycles. The quantitative estimate of drug-likeness (QED) is 0.794. The molecular formula is C18H23N3O4. The van der Waals surface area contributed by atoms with Crippen molar-refractivity contribution in [2.24, 2.45) is 13.0 Å². The van der Waals surface area contributed by atoms with E-state index in [1.807, 2.05) is 38.1 Å². The van der Waals surface area contributed by atoms with Crippen molar-refractivity contribution in [2.75, 3.05) is 7.11 Å². The smallest absolute Gasteiger partial charge is 0.328 e. The van der Waals surface area contributed by atoms with Gasteiger partial charge in [-0.05, 0) is 18.1 Å². The normalized spacial score (nSPS) is 12.2.